The van der Waals surface area contributed by atoms with Gasteiger partial charge in [0.2, 0.25) is 5.91 Å². The predicted octanol–water partition coefficient (Wildman–Crippen LogP) is 2.16. The molecule has 1 aliphatic heterocycles. The van der Waals surface area contributed by atoms with Crippen molar-refractivity contribution in [2.24, 2.45) is 11.8 Å². The molecule has 2 fully saturated rings. The lowest BCUT2D eigenvalue weighted by Gasteiger charge is -2.35. The van der Waals surface area contributed by atoms with Gasteiger partial charge in [0, 0.05) is 12.6 Å². The van der Waals surface area contributed by atoms with Crippen molar-refractivity contribution in [2.75, 3.05) is 19.6 Å². The highest BCUT2D eigenvalue weighted by molar-refractivity contribution is 5.78. The van der Waals surface area contributed by atoms with Crippen LogP contribution >= 0.6 is 0 Å². The summed E-state index contributed by atoms with van der Waals surface area (Å²) in [7, 11) is 0. The van der Waals surface area contributed by atoms with Gasteiger partial charge in [0.05, 0.1) is 12.1 Å². The van der Waals surface area contributed by atoms with E-state index >= 15 is 0 Å². The highest BCUT2D eigenvalue weighted by Crippen LogP contribution is 2.29. The molecule has 2 N–H and O–H groups in total. The van der Waals surface area contributed by atoms with E-state index in [0.717, 1.165) is 38.8 Å². The highest BCUT2D eigenvalue weighted by atomic mass is 16.3. The second-order valence-corrected chi connectivity index (χ2v) is 7.57. The largest absolute Gasteiger partial charge is 0.390 e. The minimum absolute atomic E-state index is 0.155. The number of likely N-dealkylation sites (tertiary alicyclic amines) is 1. The molecule has 1 aliphatic carbocycles. The zero-order valence-corrected chi connectivity index (χ0v) is 13.9. The number of nitrogens with one attached hydrogen (secondary N) is 1. The zero-order valence-electron chi connectivity index (χ0n) is 13.9. The van der Waals surface area contributed by atoms with Crippen molar-refractivity contribution < 1.29 is 9.90 Å². The van der Waals surface area contributed by atoms with E-state index in [4.69, 9.17) is 0 Å². The van der Waals surface area contributed by atoms with Crippen molar-refractivity contribution in [2.45, 2.75) is 70.9 Å². The van der Waals surface area contributed by atoms with Crippen molar-refractivity contribution in [1.29, 1.82) is 0 Å². The van der Waals surface area contributed by atoms with Crippen LogP contribution in [-0.2, 0) is 4.79 Å². The number of nitrogens with zero attached hydrogens (tertiary/aromatic N) is 1. The number of hydrogen-bond acceptors (Lipinski definition) is 3. The van der Waals surface area contributed by atoms with Gasteiger partial charge in [-0.05, 0) is 51.0 Å². The minimum Gasteiger partial charge on any atom is -0.390 e. The van der Waals surface area contributed by atoms with Crippen LogP contribution in [0.15, 0.2) is 0 Å². The smallest absolute Gasteiger partial charge is 0.234 e. The van der Waals surface area contributed by atoms with Gasteiger partial charge in [0.25, 0.3) is 0 Å². The lowest BCUT2D eigenvalue weighted by Crippen LogP contribution is -2.47. The van der Waals surface area contributed by atoms with Gasteiger partial charge in [0.15, 0.2) is 0 Å². The van der Waals surface area contributed by atoms with Crippen molar-refractivity contribution >= 4 is 5.91 Å². The summed E-state index contributed by atoms with van der Waals surface area (Å²) in [5.41, 5.74) is -0.557. The number of amides is 1. The molecule has 1 heterocycles. The number of rotatable bonds is 3. The van der Waals surface area contributed by atoms with Crippen LogP contribution in [0.25, 0.3) is 0 Å². The Morgan fingerprint density at radius 2 is 2.00 bits per heavy atom. The molecule has 0 aromatic heterocycles. The third kappa shape index (κ3) is 4.96. The van der Waals surface area contributed by atoms with Crippen molar-refractivity contribution in [3.8, 4) is 0 Å². The van der Waals surface area contributed by atoms with E-state index < -0.39 is 5.60 Å². The van der Waals surface area contributed by atoms with Crippen molar-refractivity contribution in [3.05, 3.63) is 0 Å². The van der Waals surface area contributed by atoms with Gasteiger partial charge in [-0.1, -0.05) is 26.7 Å². The molecule has 4 atom stereocenters. The molecular formula is C17H32N2O2. The summed E-state index contributed by atoms with van der Waals surface area (Å²) in [6, 6.07) is 0.344. The average molecular weight is 296 g/mol. The zero-order chi connectivity index (χ0) is 15.5. The lowest BCUT2D eigenvalue weighted by molar-refractivity contribution is -0.123. The molecule has 4 nitrogen and oxygen atoms in total. The summed E-state index contributed by atoms with van der Waals surface area (Å²) in [4.78, 5) is 14.5. The SMILES string of the molecule is CC1CCCC(NC(=O)CN2CCCC(C)(O)CC2)C1C. The average Bonchev–Trinajstić information content (AvgIpc) is 2.57. The number of carbonyl (C=O) groups excluding carboxylic acids is 1. The molecule has 1 amide bonds. The Morgan fingerprint density at radius 1 is 1.24 bits per heavy atom. The summed E-state index contributed by atoms with van der Waals surface area (Å²) >= 11 is 0. The molecule has 4 unspecified atom stereocenters. The Balaban J connectivity index is 1.79. The van der Waals surface area contributed by atoms with E-state index in [1.807, 2.05) is 6.92 Å². The molecule has 2 rings (SSSR count). The van der Waals surface area contributed by atoms with Gasteiger partial charge in [0.1, 0.15) is 0 Å². The first-order chi connectivity index (χ1) is 9.87. The fourth-order valence-corrected chi connectivity index (χ4v) is 3.72. The second kappa shape index (κ2) is 7.10. The molecular weight excluding hydrogens is 264 g/mol. The molecule has 0 aromatic rings. The van der Waals surface area contributed by atoms with Gasteiger partial charge < -0.3 is 10.4 Å². The molecule has 0 radical (unpaired) electrons. The Labute approximate surface area is 129 Å². The Kier molecular flexibility index (Phi) is 5.67. The van der Waals surface area contributed by atoms with E-state index in [9.17, 15) is 9.90 Å². The summed E-state index contributed by atoms with van der Waals surface area (Å²) in [5, 5.41) is 13.3. The van der Waals surface area contributed by atoms with Gasteiger partial charge in [-0.2, -0.15) is 0 Å². The molecule has 1 saturated heterocycles. The predicted molar refractivity (Wildman–Crippen MR) is 85.0 cm³/mol. The van der Waals surface area contributed by atoms with Crippen LogP contribution in [-0.4, -0.2) is 47.2 Å². The first-order valence-corrected chi connectivity index (χ1v) is 8.61. The summed E-state index contributed by atoms with van der Waals surface area (Å²) < 4.78 is 0. The fourth-order valence-electron chi connectivity index (χ4n) is 3.72. The molecule has 4 heteroatoms. The molecule has 0 spiro atoms. The maximum absolute atomic E-state index is 12.3. The van der Waals surface area contributed by atoms with E-state index in [-0.39, 0.29) is 5.91 Å². The van der Waals surface area contributed by atoms with E-state index in [1.165, 1.54) is 12.8 Å². The van der Waals surface area contributed by atoms with Crippen LogP contribution in [0.5, 0.6) is 0 Å². The first kappa shape index (κ1) is 16.8. The maximum Gasteiger partial charge on any atom is 0.234 e. The van der Waals surface area contributed by atoms with Gasteiger partial charge in [-0.15, -0.1) is 0 Å². The highest BCUT2D eigenvalue weighted by Gasteiger charge is 2.29. The summed E-state index contributed by atoms with van der Waals surface area (Å²) in [6.07, 6.45) is 6.19. The van der Waals surface area contributed by atoms with Crippen LogP contribution in [0.3, 0.4) is 0 Å². The van der Waals surface area contributed by atoms with E-state index in [0.29, 0.717) is 24.4 Å². The summed E-state index contributed by atoms with van der Waals surface area (Å²) in [5.74, 6) is 1.44. The van der Waals surface area contributed by atoms with E-state index in [1.54, 1.807) is 0 Å². The molecule has 0 aromatic carbocycles. The van der Waals surface area contributed by atoms with Crippen LogP contribution in [0, 0.1) is 11.8 Å². The lowest BCUT2D eigenvalue weighted by atomic mass is 9.78. The number of aliphatic hydroxyl groups is 1. The topological polar surface area (TPSA) is 52.6 Å². The number of carbonyl (C=O) groups is 1. The molecule has 21 heavy (non-hydrogen) atoms. The standard InChI is InChI=1S/C17H32N2O2/c1-13-6-4-7-15(14(13)2)18-16(20)12-19-10-5-8-17(3,21)9-11-19/h13-15,21H,4-12H2,1-3H3,(H,18,20). The van der Waals surface area contributed by atoms with Crippen molar-refractivity contribution in [1.82, 2.24) is 10.2 Å². The quantitative estimate of drug-likeness (QED) is 0.839. The maximum atomic E-state index is 12.3. The van der Waals surface area contributed by atoms with Crippen molar-refractivity contribution in [3.63, 3.8) is 0 Å². The van der Waals surface area contributed by atoms with Crippen LogP contribution in [0.2, 0.25) is 0 Å². The second-order valence-electron chi connectivity index (χ2n) is 7.57. The first-order valence-electron chi connectivity index (χ1n) is 8.61. The van der Waals surface area contributed by atoms with Gasteiger partial charge >= 0.3 is 0 Å². The van der Waals surface area contributed by atoms with Crippen LogP contribution < -0.4 is 5.32 Å². The normalized spacial score (nSPS) is 38.8. The monoisotopic (exact) mass is 296 g/mol. The Morgan fingerprint density at radius 3 is 2.76 bits per heavy atom. The third-order valence-electron chi connectivity index (χ3n) is 5.58. The van der Waals surface area contributed by atoms with Gasteiger partial charge in [-0.25, -0.2) is 0 Å². The molecule has 2 aliphatic rings. The summed E-state index contributed by atoms with van der Waals surface area (Å²) in [6.45, 7) is 8.67. The molecule has 1 saturated carbocycles. The number of hydrogen-bond donors (Lipinski definition) is 2. The van der Waals surface area contributed by atoms with Crippen LogP contribution in [0.4, 0.5) is 0 Å². The third-order valence-corrected chi connectivity index (χ3v) is 5.58. The molecule has 0 bridgehead atoms. The van der Waals surface area contributed by atoms with E-state index in [2.05, 4.69) is 24.1 Å². The molecule has 122 valence electrons. The Hall–Kier alpha value is -0.610. The fraction of sp³-hybridized carbons (Fsp3) is 0.941. The van der Waals surface area contributed by atoms with Gasteiger partial charge in [-0.3, -0.25) is 9.69 Å². The minimum atomic E-state index is -0.557. The Bertz CT molecular complexity index is 357. The van der Waals surface area contributed by atoms with Crippen LogP contribution in [0.1, 0.15) is 59.3 Å².